The van der Waals surface area contributed by atoms with E-state index in [1.165, 1.54) is 45.2 Å². The second kappa shape index (κ2) is 2.78. The highest BCUT2D eigenvalue weighted by Gasteiger charge is 2.40. The van der Waals surface area contributed by atoms with Crippen LogP contribution in [0, 0.1) is 11.3 Å². The molecule has 0 radical (unpaired) electrons. The van der Waals surface area contributed by atoms with E-state index < -0.39 is 0 Å². The van der Waals surface area contributed by atoms with Gasteiger partial charge in [-0.15, -0.1) is 0 Å². The molecule has 1 atom stereocenters. The fourth-order valence-corrected chi connectivity index (χ4v) is 2.64. The Morgan fingerprint density at radius 3 is 2.82 bits per heavy atom. The van der Waals surface area contributed by atoms with Gasteiger partial charge in [0.05, 0.1) is 0 Å². The molecule has 0 bridgehead atoms. The Kier molecular flexibility index (Phi) is 1.92. The Hall–Kier alpha value is -0.0400. The first kappa shape index (κ1) is 7.60. The summed E-state index contributed by atoms with van der Waals surface area (Å²) in [6.45, 7) is 4.91. The molecule has 11 heavy (non-hydrogen) atoms. The minimum atomic E-state index is 0.763. The fourth-order valence-electron chi connectivity index (χ4n) is 2.64. The lowest BCUT2D eigenvalue weighted by molar-refractivity contribution is 0.0616. The third-order valence-corrected chi connectivity index (χ3v) is 3.65. The summed E-state index contributed by atoms with van der Waals surface area (Å²) in [6, 6.07) is 0. The Morgan fingerprint density at radius 2 is 2.27 bits per heavy atom. The average Bonchev–Trinajstić information content (AvgIpc) is 2.02. The molecule has 1 heteroatoms. The van der Waals surface area contributed by atoms with Crippen molar-refractivity contribution in [3.8, 4) is 0 Å². The van der Waals surface area contributed by atoms with E-state index in [9.17, 15) is 0 Å². The summed E-state index contributed by atoms with van der Waals surface area (Å²) in [4.78, 5) is 0. The van der Waals surface area contributed by atoms with Gasteiger partial charge in [0, 0.05) is 6.54 Å². The first-order valence-electron chi connectivity index (χ1n) is 5.05. The molecule has 2 aliphatic rings. The van der Waals surface area contributed by atoms with Crippen molar-refractivity contribution in [3.63, 3.8) is 0 Å². The highest BCUT2D eigenvalue weighted by Crippen LogP contribution is 2.47. The van der Waals surface area contributed by atoms with Crippen molar-refractivity contribution in [2.24, 2.45) is 11.3 Å². The topological polar surface area (TPSA) is 12.0 Å². The predicted octanol–water partition coefficient (Wildman–Crippen LogP) is 2.18. The van der Waals surface area contributed by atoms with Gasteiger partial charge in [0.2, 0.25) is 0 Å². The summed E-state index contributed by atoms with van der Waals surface area (Å²) < 4.78 is 0. The first-order valence-corrected chi connectivity index (χ1v) is 5.05. The molecule has 1 heterocycles. The van der Waals surface area contributed by atoms with Crippen molar-refractivity contribution in [1.29, 1.82) is 0 Å². The lowest BCUT2D eigenvalue weighted by Crippen LogP contribution is -2.48. The van der Waals surface area contributed by atoms with E-state index >= 15 is 0 Å². The molecule has 1 unspecified atom stereocenters. The molecule has 0 aromatic carbocycles. The molecule has 1 saturated carbocycles. The molecule has 0 aromatic heterocycles. The van der Waals surface area contributed by atoms with Crippen LogP contribution in [0.3, 0.4) is 0 Å². The van der Waals surface area contributed by atoms with Crippen LogP contribution in [0.15, 0.2) is 0 Å². The second-order valence-corrected chi connectivity index (χ2v) is 4.46. The third-order valence-electron chi connectivity index (χ3n) is 3.65. The van der Waals surface area contributed by atoms with Crippen LogP contribution in [0.2, 0.25) is 0 Å². The summed E-state index contributed by atoms with van der Waals surface area (Å²) >= 11 is 0. The molecule has 2 rings (SSSR count). The summed E-state index contributed by atoms with van der Waals surface area (Å²) in [5.41, 5.74) is 0.763. The van der Waals surface area contributed by atoms with Gasteiger partial charge in [0.25, 0.3) is 0 Å². The van der Waals surface area contributed by atoms with Crippen LogP contribution in [0.4, 0.5) is 0 Å². The van der Waals surface area contributed by atoms with Crippen LogP contribution >= 0.6 is 0 Å². The van der Waals surface area contributed by atoms with Crippen LogP contribution in [0.5, 0.6) is 0 Å². The maximum atomic E-state index is 3.58. The van der Waals surface area contributed by atoms with E-state index in [0.29, 0.717) is 0 Å². The molecule has 1 aliphatic carbocycles. The normalized spacial score (nSPS) is 35.2. The molecule has 0 aromatic rings. The molecular formula is C10H19N. The lowest BCUT2D eigenvalue weighted by Gasteiger charge is -2.47. The van der Waals surface area contributed by atoms with Crippen molar-refractivity contribution >= 4 is 0 Å². The maximum absolute atomic E-state index is 3.58. The minimum absolute atomic E-state index is 0.763. The smallest absolute Gasteiger partial charge is 0.000803 e. The molecule has 2 fully saturated rings. The third kappa shape index (κ3) is 1.31. The van der Waals surface area contributed by atoms with Crippen molar-refractivity contribution in [2.75, 3.05) is 13.1 Å². The van der Waals surface area contributed by atoms with E-state index in [1.807, 2.05) is 0 Å². The van der Waals surface area contributed by atoms with E-state index in [2.05, 4.69) is 12.2 Å². The summed E-state index contributed by atoms with van der Waals surface area (Å²) in [5, 5.41) is 3.58. The van der Waals surface area contributed by atoms with Gasteiger partial charge in [-0.2, -0.15) is 0 Å². The van der Waals surface area contributed by atoms with Gasteiger partial charge in [-0.05, 0) is 37.1 Å². The molecule has 1 saturated heterocycles. The number of nitrogens with one attached hydrogen (secondary N) is 1. The van der Waals surface area contributed by atoms with Crippen molar-refractivity contribution in [1.82, 2.24) is 5.32 Å². The molecule has 1 nitrogen and oxygen atoms in total. The Balaban J connectivity index is 1.92. The van der Waals surface area contributed by atoms with Crippen LogP contribution in [0.1, 0.15) is 39.0 Å². The number of hydrogen-bond donors (Lipinski definition) is 1. The van der Waals surface area contributed by atoms with Gasteiger partial charge < -0.3 is 5.32 Å². The highest BCUT2D eigenvalue weighted by molar-refractivity contribution is 4.94. The van der Waals surface area contributed by atoms with E-state index in [4.69, 9.17) is 0 Å². The van der Waals surface area contributed by atoms with Crippen LogP contribution < -0.4 is 5.32 Å². The van der Waals surface area contributed by atoms with E-state index in [0.717, 1.165) is 11.3 Å². The predicted molar refractivity (Wildman–Crippen MR) is 47.6 cm³/mol. The van der Waals surface area contributed by atoms with Crippen molar-refractivity contribution < 1.29 is 0 Å². The van der Waals surface area contributed by atoms with Gasteiger partial charge in [-0.25, -0.2) is 0 Å². The molecule has 1 N–H and O–H groups in total. The maximum Gasteiger partial charge on any atom is 0.000803 e. The molecular weight excluding hydrogens is 134 g/mol. The van der Waals surface area contributed by atoms with Crippen LogP contribution in [0.25, 0.3) is 0 Å². The van der Waals surface area contributed by atoms with Gasteiger partial charge in [-0.3, -0.25) is 0 Å². The first-order chi connectivity index (χ1) is 5.35. The van der Waals surface area contributed by atoms with Crippen molar-refractivity contribution in [2.45, 2.75) is 39.0 Å². The summed E-state index contributed by atoms with van der Waals surface area (Å²) in [7, 11) is 0. The fraction of sp³-hybridized carbons (Fsp3) is 1.00. The second-order valence-electron chi connectivity index (χ2n) is 4.46. The van der Waals surface area contributed by atoms with Crippen molar-refractivity contribution in [3.05, 3.63) is 0 Å². The Labute approximate surface area is 69.6 Å². The zero-order chi connectivity index (χ0) is 7.73. The van der Waals surface area contributed by atoms with E-state index in [1.54, 1.807) is 0 Å². The zero-order valence-corrected chi connectivity index (χ0v) is 7.53. The summed E-state index contributed by atoms with van der Waals surface area (Å²) in [6.07, 6.45) is 7.36. The molecule has 1 spiro atoms. The average molecular weight is 153 g/mol. The zero-order valence-electron chi connectivity index (χ0n) is 7.53. The molecule has 1 aliphatic heterocycles. The highest BCUT2D eigenvalue weighted by atomic mass is 14.9. The largest absolute Gasteiger partial charge is 0.316 e. The summed E-state index contributed by atoms with van der Waals surface area (Å²) in [5.74, 6) is 0.976. The standard InChI is InChI=1S/C10H19N/c1-2-9-6-10(4-3-5-10)8-11-7-9/h9,11H,2-8H2,1H3. The quantitative estimate of drug-likeness (QED) is 0.609. The Morgan fingerprint density at radius 1 is 1.45 bits per heavy atom. The number of hydrogen-bond acceptors (Lipinski definition) is 1. The van der Waals surface area contributed by atoms with Crippen LogP contribution in [-0.2, 0) is 0 Å². The Bertz CT molecular complexity index is 138. The van der Waals surface area contributed by atoms with E-state index in [-0.39, 0.29) is 0 Å². The van der Waals surface area contributed by atoms with Gasteiger partial charge in [0.1, 0.15) is 0 Å². The SMILES string of the molecule is CCC1CNCC2(CCC2)C1. The van der Waals surface area contributed by atoms with Gasteiger partial charge >= 0.3 is 0 Å². The minimum Gasteiger partial charge on any atom is -0.316 e. The molecule has 64 valence electrons. The van der Waals surface area contributed by atoms with Crippen LogP contribution in [-0.4, -0.2) is 13.1 Å². The van der Waals surface area contributed by atoms with Gasteiger partial charge in [-0.1, -0.05) is 19.8 Å². The lowest BCUT2D eigenvalue weighted by atomic mass is 9.62. The van der Waals surface area contributed by atoms with Gasteiger partial charge in [0.15, 0.2) is 0 Å². The number of piperidine rings is 1. The molecule has 0 amide bonds. The monoisotopic (exact) mass is 153 g/mol. The number of rotatable bonds is 1.